The topological polar surface area (TPSA) is 23.8 Å². The van der Waals surface area contributed by atoms with E-state index in [-0.39, 0.29) is 0 Å². The largest absolute Gasteiger partial charge is 0.192 e. The quantitative estimate of drug-likeness (QED) is 0.694. The van der Waals surface area contributed by atoms with E-state index in [0.29, 0.717) is 5.92 Å². The molecule has 0 heterocycles. The summed E-state index contributed by atoms with van der Waals surface area (Å²) in [5.41, 5.74) is 4.69. The minimum Gasteiger partial charge on any atom is -0.192 e. The van der Waals surface area contributed by atoms with E-state index in [1.54, 1.807) is 0 Å². The molecular formula is C13H17N. The summed E-state index contributed by atoms with van der Waals surface area (Å²) in [4.78, 5) is 0. The predicted octanol–water partition coefficient (Wildman–Crippen LogP) is 3.55. The normalized spacial score (nSPS) is 10.3. The Balaban J connectivity index is 3.38. The van der Waals surface area contributed by atoms with Gasteiger partial charge in [0.1, 0.15) is 0 Å². The number of nitrogens with zero attached hydrogens (tertiary/aromatic N) is 1. The summed E-state index contributed by atoms with van der Waals surface area (Å²) in [6, 6.07) is 6.26. The maximum absolute atomic E-state index is 8.92. The van der Waals surface area contributed by atoms with Gasteiger partial charge in [-0.1, -0.05) is 26.8 Å². The summed E-state index contributed by atoms with van der Waals surface area (Å²) < 4.78 is 0. The molecule has 0 bridgehead atoms. The van der Waals surface area contributed by atoms with E-state index in [1.165, 1.54) is 11.1 Å². The summed E-state index contributed by atoms with van der Waals surface area (Å²) in [6.07, 6.45) is 1.01. The Morgan fingerprint density at radius 2 is 2.00 bits per heavy atom. The third kappa shape index (κ3) is 1.80. The molecule has 0 saturated heterocycles. The van der Waals surface area contributed by atoms with E-state index < -0.39 is 0 Å². The van der Waals surface area contributed by atoms with Gasteiger partial charge in [-0.2, -0.15) is 5.26 Å². The van der Waals surface area contributed by atoms with Gasteiger partial charge in [0, 0.05) is 0 Å². The van der Waals surface area contributed by atoms with Gasteiger partial charge in [-0.15, -0.1) is 0 Å². The lowest BCUT2D eigenvalue weighted by atomic mass is 9.90. The van der Waals surface area contributed by atoms with Crippen molar-refractivity contribution in [1.82, 2.24) is 0 Å². The molecule has 0 fully saturated rings. The van der Waals surface area contributed by atoms with Gasteiger partial charge in [0.05, 0.1) is 11.6 Å². The van der Waals surface area contributed by atoms with Crippen LogP contribution in [-0.2, 0) is 6.42 Å². The number of nitriles is 1. The predicted molar refractivity (Wildman–Crippen MR) is 59.4 cm³/mol. The summed E-state index contributed by atoms with van der Waals surface area (Å²) in [7, 11) is 0. The smallest absolute Gasteiger partial charge is 0.0994 e. The van der Waals surface area contributed by atoms with Crippen molar-refractivity contribution in [2.75, 3.05) is 0 Å². The maximum Gasteiger partial charge on any atom is 0.0994 e. The number of hydrogen-bond donors (Lipinski definition) is 0. The van der Waals surface area contributed by atoms with E-state index in [2.05, 4.69) is 32.9 Å². The van der Waals surface area contributed by atoms with Crippen LogP contribution in [0.1, 0.15) is 48.9 Å². The molecule has 0 aliphatic rings. The fourth-order valence-electron chi connectivity index (χ4n) is 1.91. The molecule has 1 aromatic carbocycles. The Hall–Kier alpha value is -1.29. The van der Waals surface area contributed by atoms with E-state index in [4.69, 9.17) is 5.26 Å². The second-order valence-corrected chi connectivity index (χ2v) is 3.93. The zero-order valence-electron chi connectivity index (χ0n) is 9.39. The summed E-state index contributed by atoms with van der Waals surface area (Å²) in [6.45, 7) is 8.58. The standard InChI is InChI=1S/C13H17N/c1-5-12-10(4)11(8-14)6-7-13(12)9(2)3/h6-7,9H,5H2,1-4H3. The first-order chi connectivity index (χ1) is 6.61. The molecule has 0 atom stereocenters. The zero-order valence-corrected chi connectivity index (χ0v) is 9.39. The van der Waals surface area contributed by atoms with Crippen LogP contribution in [0.2, 0.25) is 0 Å². The van der Waals surface area contributed by atoms with Crippen molar-refractivity contribution in [1.29, 1.82) is 5.26 Å². The fraction of sp³-hybridized carbons (Fsp3) is 0.462. The monoisotopic (exact) mass is 187 g/mol. The molecule has 0 radical (unpaired) electrons. The second-order valence-electron chi connectivity index (χ2n) is 3.93. The lowest BCUT2D eigenvalue weighted by Crippen LogP contribution is -2.00. The van der Waals surface area contributed by atoms with Gasteiger partial charge in [-0.05, 0) is 42.0 Å². The van der Waals surface area contributed by atoms with E-state index >= 15 is 0 Å². The van der Waals surface area contributed by atoms with Crippen LogP contribution in [0.5, 0.6) is 0 Å². The minimum atomic E-state index is 0.538. The molecule has 1 nitrogen and oxygen atoms in total. The van der Waals surface area contributed by atoms with Crippen LogP contribution in [0, 0.1) is 18.3 Å². The van der Waals surface area contributed by atoms with Crippen molar-refractivity contribution in [3.8, 4) is 6.07 Å². The third-order valence-corrected chi connectivity index (χ3v) is 2.73. The number of benzene rings is 1. The van der Waals surface area contributed by atoms with Crippen molar-refractivity contribution >= 4 is 0 Å². The second kappa shape index (κ2) is 4.28. The Labute approximate surface area is 86.4 Å². The molecule has 1 aromatic rings. The zero-order chi connectivity index (χ0) is 10.7. The van der Waals surface area contributed by atoms with Gasteiger partial charge < -0.3 is 0 Å². The van der Waals surface area contributed by atoms with Gasteiger partial charge in [0.15, 0.2) is 0 Å². The molecule has 1 heteroatoms. The van der Waals surface area contributed by atoms with E-state index in [0.717, 1.165) is 17.5 Å². The SMILES string of the molecule is CCc1c(C(C)C)ccc(C#N)c1C. The van der Waals surface area contributed by atoms with Gasteiger partial charge in [-0.25, -0.2) is 0 Å². The molecule has 0 spiro atoms. The van der Waals surface area contributed by atoms with Crippen molar-refractivity contribution in [2.24, 2.45) is 0 Å². The lowest BCUT2D eigenvalue weighted by molar-refractivity contribution is 0.839. The number of hydrogen-bond acceptors (Lipinski definition) is 1. The molecule has 0 saturated carbocycles. The molecule has 0 unspecified atom stereocenters. The van der Waals surface area contributed by atoms with Crippen LogP contribution in [-0.4, -0.2) is 0 Å². The Kier molecular flexibility index (Phi) is 3.30. The number of rotatable bonds is 2. The van der Waals surface area contributed by atoms with Crippen LogP contribution in [0.25, 0.3) is 0 Å². The maximum atomic E-state index is 8.92. The Morgan fingerprint density at radius 3 is 2.43 bits per heavy atom. The highest BCUT2D eigenvalue weighted by atomic mass is 14.2. The Bertz CT molecular complexity index is 370. The molecule has 0 aliphatic carbocycles. The first kappa shape index (κ1) is 10.8. The van der Waals surface area contributed by atoms with Crippen LogP contribution < -0.4 is 0 Å². The molecule has 14 heavy (non-hydrogen) atoms. The van der Waals surface area contributed by atoms with Crippen LogP contribution in [0.3, 0.4) is 0 Å². The van der Waals surface area contributed by atoms with E-state index in [9.17, 15) is 0 Å². The molecule has 74 valence electrons. The highest BCUT2D eigenvalue weighted by Crippen LogP contribution is 2.25. The molecule has 0 amide bonds. The van der Waals surface area contributed by atoms with Gasteiger partial charge in [0.25, 0.3) is 0 Å². The first-order valence-corrected chi connectivity index (χ1v) is 5.14. The third-order valence-electron chi connectivity index (χ3n) is 2.73. The molecule has 0 aromatic heterocycles. The molecular weight excluding hydrogens is 170 g/mol. The Morgan fingerprint density at radius 1 is 1.36 bits per heavy atom. The summed E-state index contributed by atoms with van der Waals surface area (Å²) in [5.74, 6) is 0.538. The minimum absolute atomic E-state index is 0.538. The molecule has 0 N–H and O–H groups in total. The summed E-state index contributed by atoms with van der Waals surface area (Å²) >= 11 is 0. The van der Waals surface area contributed by atoms with Crippen molar-refractivity contribution in [3.63, 3.8) is 0 Å². The fourth-order valence-corrected chi connectivity index (χ4v) is 1.91. The van der Waals surface area contributed by atoms with Crippen molar-refractivity contribution in [3.05, 3.63) is 34.4 Å². The van der Waals surface area contributed by atoms with Crippen molar-refractivity contribution in [2.45, 2.75) is 40.0 Å². The van der Waals surface area contributed by atoms with Crippen molar-refractivity contribution < 1.29 is 0 Å². The highest BCUT2D eigenvalue weighted by Gasteiger charge is 2.10. The van der Waals surface area contributed by atoms with Gasteiger partial charge in [0.2, 0.25) is 0 Å². The average Bonchev–Trinajstić information content (AvgIpc) is 2.17. The van der Waals surface area contributed by atoms with Crippen LogP contribution >= 0.6 is 0 Å². The van der Waals surface area contributed by atoms with Gasteiger partial charge in [-0.3, -0.25) is 0 Å². The summed E-state index contributed by atoms with van der Waals surface area (Å²) in [5, 5.41) is 8.92. The van der Waals surface area contributed by atoms with E-state index in [1.807, 2.05) is 13.0 Å². The van der Waals surface area contributed by atoms with Crippen LogP contribution in [0.15, 0.2) is 12.1 Å². The average molecular weight is 187 g/mol. The lowest BCUT2D eigenvalue weighted by Gasteiger charge is -2.14. The molecule has 1 rings (SSSR count). The molecule has 0 aliphatic heterocycles. The highest BCUT2D eigenvalue weighted by molar-refractivity contribution is 5.47. The first-order valence-electron chi connectivity index (χ1n) is 5.14. The van der Waals surface area contributed by atoms with Gasteiger partial charge >= 0.3 is 0 Å². The van der Waals surface area contributed by atoms with Crippen LogP contribution in [0.4, 0.5) is 0 Å².